The van der Waals surface area contributed by atoms with Gasteiger partial charge in [0.25, 0.3) is 5.91 Å². The molecule has 1 aromatic carbocycles. The second-order valence-corrected chi connectivity index (χ2v) is 7.60. The number of hydrogen-bond donors (Lipinski definition) is 0. The molecule has 1 aromatic heterocycles. The molecule has 148 valence electrons. The molecule has 0 saturated carbocycles. The fourth-order valence-electron chi connectivity index (χ4n) is 3.74. The summed E-state index contributed by atoms with van der Waals surface area (Å²) in [5, 5.41) is 0. The minimum atomic E-state index is -0.0140. The molecule has 2 fully saturated rings. The third-order valence-corrected chi connectivity index (χ3v) is 5.59. The largest absolute Gasteiger partial charge is 0.353 e. The summed E-state index contributed by atoms with van der Waals surface area (Å²) in [6.45, 7) is 8.15. The smallest absolute Gasteiger partial charge is 0.274 e. The van der Waals surface area contributed by atoms with E-state index in [0.29, 0.717) is 5.69 Å². The van der Waals surface area contributed by atoms with Crippen molar-refractivity contribution in [2.45, 2.75) is 6.54 Å². The van der Waals surface area contributed by atoms with Gasteiger partial charge < -0.3 is 14.7 Å². The number of anilines is 1. The van der Waals surface area contributed by atoms with Crippen LogP contribution in [0.2, 0.25) is 0 Å². The van der Waals surface area contributed by atoms with Crippen LogP contribution in [-0.2, 0) is 6.54 Å². The lowest BCUT2D eigenvalue weighted by Gasteiger charge is -2.35. The molecule has 0 N–H and O–H groups in total. The molecule has 3 heterocycles. The van der Waals surface area contributed by atoms with Crippen LogP contribution in [-0.4, -0.2) is 90.0 Å². The third-order valence-electron chi connectivity index (χ3n) is 5.59. The maximum absolute atomic E-state index is 12.6. The van der Waals surface area contributed by atoms with Gasteiger partial charge in [0.2, 0.25) is 0 Å². The highest BCUT2D eigenvalue weighted by molar-refractivity contribution is 5.92. The fraction of sp³-hybridized carbons (Fsp3) is 0.476. The maximum Gasteiger partial charge on any atom is 0.274 e. The number of piperazine rings is 2. The maximum atomic E-state index is 12.6. The van der Waals surface area contributed by atoms with E-state index in [1.165, 1.54) is 5.56 Å². The molecule has 0 unspecified atom stereocenters. The zero-order valence-corrected chi connectivity index (χ0v) is 16.5. The van der Waals surface area contributed by atoms with Gasteiger partial charge in [0.1, 0.15) is 11.5 Å². The van der Waals surface area contributed by atoms with E-state index in [1.807, 2.05) is 4.90 Å². The number of carbonyl (C=O) groups is 1. The van der Waals surface area contributed by atoms with Crippen molar-refractivity contribution in [3.05, 3.63) is 54.0 Å². The Hall–Kier alpha value is -2.51. The van der Waals surface area contributed by atoms with Gasteiger partial charge in [0, 0.05) is 58.9 Å². The molecule has 0 spiro atoms. The van der Waals surface area contributed by atoms with Crippen LogP contribution in [0.15, 0.2) is 42.7 Å². The number of aromatic nitrogens is 2. The lowest BCUT2D eigenvalue weighted by molar-refractivity contribution is 0.0658. The Balaban J connectivity index is 1.30. The molecule has 1 amide bonds. The van der Waals surface area contributed by atoms with Gasteiger partial charge in [-0.15, -0.1) is 0 Å². The first kappa shape index (κ1) is 18.8. The van der Waals surface area contributed by atoms with Crippen molar-refractivity contribution >= 4 is 11.7 Å². The molecule has 4 rings (SSSR count). The average Bonchev–Trinajstić information content (AvgIpc) is 2.75. The third kappa shape index (κ3) is 4.48. The van der Waals surface area contributed by atoms with Gasteiger partial charge in [-0.25, -0.2) is 9.97 Å². The van der Waals surface area contributed by atoms with E-state index >= 15 is 0 Å². The van der Waals surface area contributed by atoms with Crippen molar-refractivity contribution in [1.82, 2.24) is 24.7 Å². The molecular weight excluding hydrogens is 352 g/mol. The second-order valence-electron chi connectivity index (χ2n) is 7.60. The standard InChI is InChI=1S/C21H28N6O/c1-24-7-11-27(12-8-24)21(28)19-15-23-20(16-22-19)26-13-9-25(10-14-26)17-18-5-3-2-4-6-18/h2-6,15-16H,7-14,17H2,1H3. The summed E-state index contributed by atoms with van der Waals surface area (Å²) in [7, 11) is 2.08. The van der Waals surface area contributed by atoms with Gasteiger partial charge in [0.05, 0.1) is 12.4 Å². The molecule has 2 saturated heterocycles. The van der Waals surface area contributed by atoms with E-state index in [0.717, 1.165) is 64.7 Å². The van der Waals surface area contributed by atoms with Gasteiger partial charge >= 0.3 is 0 Å². The molecule has 2 aliphatic rings. The van der Waals surface area contributed by atoms with Crippen LogP contribution in [0.4, 0.5) is 5.82 Å². The van der Waals surface area contributed by atoms with Crippen molar-refractivity contribution in [2.75, 3.05) is 64.3 Å². The predicted octanol–water partition coefficient (Wildman–Crippen LogP) is 1.19. The number of nitrogens with zero attached hydrogens (tertiary/aromatic N) is 6. The molecule has 2 aliphatic heterocycles. The average molecular weight is 380 g/mol. The van der Waals surface area contributed by atoms with Crippen molar-refractivity contribution in [3.8, 4) is 0 Å². The normalized spacial score (nSPS) is 19.0. The number of rotatable bonds is 4. The highest BCUT2D eigenvalue weighted by Gasteiger charge is 2.23. The Labute approximate surface area is 166 Å². The monoisotopic (exact) mass is 380 g/mol. The molecule has 7 nitrogen and oxygen atoms in total. The lowest BCUT2D eigenvalue weighted by Crippen LogP contribution is -2.47. The van der Waals surface area contributed by atoms with Gasteiger partial charge in [-0.1, -0.05) is 30.3 Å². The summed E-state index contributed by atoms with van der Waals surface area (Å²) in [5.41, 5.74) is 1.79. The van der Waals surface area contributed by atoms with Crippen LogP contribution in [0.3, 0.4) is 0 Å². The van der Waals surface area contributed by atoms with Gasteiger partial charge in [0.15, 0.2) is 0 Å². The van der Waals surface area contributed by atoms with Crippen LogP contribution in [0, 0.1) is 0 Å². The van der Waals surface area contributed by atoms with E-state index < -0.39 is 0 Å². The zero-order chi connectivity index (χ0) is 19.3. The van der Waals surface area contributed by atoms with Crippen molar-refractivity contribution < 1.29 is 4.79 Å². The number of amides is 1. The van der Waals surface area contributed by atoms with Crippen molar-refractivity contribution in [3.63, 3.8) is 0 Å². The second kappa shape index (κ2) is 8.67. The van der Waals surface area contributed by atoms with Crippen LogP contribution >= 0.6 is 0 Å². The quantitative estimate of drug-likeness (QED) is 0.794. The molecule has 0 bridgehead atoms. The first-order valence-corrected chi connectivity index (χ1v) is 10.00. The summed E-state index contributed by atoms with van der Waals surface area (Å²) in [4.78, 5) is 30.3. The summed E-state index contributed by atoms with van der Waals surface area (Å²) < 4.78 is 0. The Bertz CT molecular complexity index is 765. The molecule has 2 aromatic rings. The molecule has 0 aliphatic carbocycles. The van der Waals surface area contributed by atoms with Crippen molar-refractivity contribution in [1.29, 1.82) is 0 Å². The minimum absolute atomic E-state index is 0.0140. The fourth-order valence-corrected chi connectivity index (χ4v) is 3.74. The van der Waals surface area contributed by atoms with Crippen LogP contribution in [0.5, 0.6) is 0 Å². The van der Waals surface area contributed by atoms with E-state index in [4.69, 9.17) is 0 Å². The predicted molar refractivity (Wildman–Crippen MR) is 109 cm³/mol. The van der Waals surface area contributed by atoms with Gasteiger partial charge in [-0.3, -0.25) is 9.69 Å². The highest BCUT2D eigenvalue weighted by Crippen LogP contribution is 2.15. The van der Waals surface area contributed by atoms with E-state index in [9.17, 15) is 4.79 Å². The van der Waals surface area contributed by atoms with Gasteiger partial charge in [-0.2, -0.15) is 0 Å². The zero-order valence-electron chi connectivity index (χ0n) is 16.5. The summed E-state index contributed by atoms with van der Waals surface area (Å²) in [5.74, 6) is 0.842. The molecule has 0 radical (unpaired) electrons. The molecule has 0 atom stereocenters. The first-order valence-electron chi connectivity index (χ1n) is 10.00. The van der Waals surface area contributed by atoms with Gasteiger partial charge in [-0.05, 0) is 12.6 Å². The van der Waals surface area contributed by atoms with E-state index in [-0.39, 0.29) is 5.91 Å². The minimum Gasteiger partial charge on any atom is -0.353 e. The summed E-state index contributed by atoms with van der Waals surface area (Å²) >= 11 is 0. The number of benzene rings is 1. The lowest BCUT2D eigenvalue weighted by atomic mass is 10.2. The molecular formula is C21H28N6O. The highest BCUT2D eigenvalue weighted by atomic mass is 16.2. The Morgan fingerprint density at radius 1 is 0.893 bits per heavy atom. The van der Waals surface area contributed by atoms with Crippen LogP contribution in [0.1, 0.15) is 16.1 Å². The SMILES string of the molecule is CN1CCN(C(=O)c2cnc(N3CCN(Cc4ccccc4)CC3)cn2)CC1. The van der Waals surface area contributed by atoms with E-state index in [1.54, 1.807) is 12.4 Å². The van der Waals surface area contributed by atoms with Crippen molar-refractivity contribution in [2.24, 2.45) is 0 Å². The number of hydrogen-bond acceptors (Lipinski definition) is 6. The molecule has 7 heteroatoms. The van der Waals surface area contributed by atoms with E-state index in [2.05, 4.69) is 62.0 Å². The Morgan fingerprint density at radius 3 is 2.25 bits per heavy atom. The number of likely N-dealkylation sites (N-methyl/N-ethyl adjacent to an activating group) is 1. The topological polar surface area (TPSA) is 55.8 Å². The first-order chi connectivity index (χ1) is 13.7. The summed E-state index contributed by atoms with van der Waals surface area (Å²) in [6, 6.07) is 10.6. The number of carbonyl (C=O) groups excluding carboxylic acids is 1. The summed E-state index contributed by atoms with van der Waals surface area (Å²) in [6.07, 6.45) is 3.38. The Morgan fingerprint density at radius 2 is 1.61 bits per heavy atom. The molecule has 28 heavy (non-hydrogen) atoms. The van der Waals surface area contributed by atoms with Crippen LogP contribution < -0.4 is 4.90 Å². The van der Waals surface area contributed by atoms with Crippen LogP contribution in [0.25, 0.3) is 0 Å². The Kier molecular flexibility index (Phi) is 5.83.